The molecule has 0 aromatic carbocycles. The normalized spacial score (nSPS) is 16.1. The van der Waals surface area contributed by atoms with Crippen LogP contribution < -0.4 is 5.32 Å². The van der Waals surface area contributed by atoms with E-state index in [4.69, 9.17) is 0 Å². The standard InChI is InChI=1S/C14H25NO/c1-3-13(4-2)14(16)15-11-10-12-8-6-5-7-9-12/h8,13H,3-7,9-11H2,1-2H3,(H,15,16). The molecule has 0 aliphatic heterocycles. The van der Waals surface area contributed by atoms with Gasteiger partial charge in [0.05, 0.1) is 0 Å². The van der Waals surface area contributed by atoms with E-state index in [2.05, 4.69) is 25.2 Å². The number of nitrogens with one attached hydrogen (secondary N) is 1. The lowest BCUT2D eigenvalue weighted by atomic mass is 9.97. The van der Waals surface area contributed by atoms with Crippen molar-refractivity contribution < 1.29 is 4.79 Å². The van der Waals surface area contributed by atoms with Gasteiger partial charge < -0.3 is 5.32 Å². The summed E-state index contributed by atoms with van der Waals surface area (Å²) in [5.74, 6) is 0.446. The highest BCUT2D eigenvalue weighted by molar-refractivity contribution is 5.78. The van der Waals surface area contributed by atoms with Crippen LogP contribution in [0, 0.1) is 5.92 Å². The van der Waals surface area contributed by atoms with Gasteiger partial charge in [0.25, 0.3) is 0 Å². The molecule has 2 heteroatoms. The summed E-state index contributed by atoms with van der Waals surface area (Å²) in [5, 5.41) is 3.05. The molecule has 0 aromatic rings. The zero-order valence-electron chi connectivity index (χ0n) is 10.7. The molecule has 0 bridgehead atoms. The topological polar surface area (TPSA) is 29.1 Å². The lowest BCUT2D eigenvalue weighted by Gasteiger charge is -2.15. The number of rotatable bonds is 6. The monoisotopic (exact) mass is 223 g/mol. The van der Waals surface area contributed by atoms with E-state index in [0.717, 1.165) is 25.8 Å². The molecular weight excluding hydrogens is 198 g/mol. The van der Waals surface area contributed by atoms with Crippen LogP contribution in [0.3, 0.4) is 0 Å². The molecule has 0 radical (unpaired) electrons. The molecule has 1 aliphatic rings. The van der Waals surface area contributed by atoms with Gasteiger partial charge in [-0.3, -0.25) is 4.79 Å². The van der Waals surface area contributed by atoms with Crippen LogP contribution in [-0.4, -0.2) is 12.5 Å². The molecular formula is C14H25NO. The first-order chi connectivity index (χ1) is 7.77. The van der Waals surface area contributed by atoms with E-state index in [0.29, 0.717) is 0 Å². The molecule has 2 nitrogen and oxygen atoms in total. The Morgan fingerprint density at radius 1 is 1.38 bits per heavy atom. The number of amides is 1. The Bertz CT molecular complexity index is 241. The predicted molar refractivity (Wildman–Crippen MR) is 68.2 cm³/mol. The van der Waals surface area contributed by atoms with Crippen LogP contribution in [-0.2, 0) is 4.79 Å². The summed E-state index contributed by atoms with van der Waals surface area (Å²) in [6, 6.07) is 0. The van der Waals surface area contributed by atoms with Crippen molar-refractivity contribution in [1.29, 1.82) is 0 Å². The van der Waals surface area contributed by atoms with Gasteiger partial charge in [-0.25, -0.2) is 0 Å². The summed E-state index contributed by atoms with van der Waals surface area (Å²) >= 11 is 0. The molecule has 1 aliphatic carbocycles. The van der Waals surface area contributed by atoms with E-state index < -0.39 is 0 Å². The van der Waals surface area contributed by atoms with E-state index >= 15 is 0 Å². The third-order valence-corrected chi connectivity index (χ3v) is 3.49. The van der Waals surface area contributed by atoms with Crippen LogP contribution in [0.1, 0.15) is 58.8 Å². The molecule has 1 amide bonds. The van der Waals surface area contributed by atoms with E-state index in [1.165, 1.54) is 31.3 Å². The molecule has 1 N–H and O–H groups in total. The number of carbonyl (C=O) groups is 1. The number of carbonyl (C=O) groups excluding carboxylic acids is 1. The number of hydrogen-bond acceptors (Lipinski definition) is 1. The van der Waals surface area contributed by atoms with Crippen LogP contribution in [0.25, 0.3) is 0 Å². The first kappa shape index (κ1) is 13.3. The van der Waals surface area contributed by atoms with Crippen molar-refractivity contribution in [2.24, 2.45) is 5.92 Å². The lowest BCUT2D eigenvalue weighted by molar-refractivity contribution is -0.125. The minimum absolute atomic E-state index is 0.209. The van der Waals surface area contributed by atoms with Gasteiger partial charge in [0.15, 0.2) is 0 Å². The van der Waals surface area contributed by atoms with Crippen LogP contribution in [0.5, 0.6) is 0 Å². The lowest BCUT2D eigenvalue weighted by Crippen LogP contribution is -2.31. The summed E-state index contributed by atoms with van der Waals surface area (Å²) < 4.78 is 0. The quantitative estimate of drug-likeness (QED) is 0.687. The van der Waals surface area contributed by atoms with Crippen LogP contribution >= 0.6 is 0 Å². The van der Waals surface area contributed by atoms with Gasteiger partial charge in [0.1, 0.15) is 0 Å². The molecule has 0 saturated carbocycles. The average Bonchev–Trinajstić information content (AvgIpc) is 2.32. The van der Waals surface area contributed by atoms with Crippen LogP contribution in [0.2, 0.25) is 0 Å². The largest absolute Gasteiger partial charge is 0.356 e. The Morgan fingerprint density at radius 3 is 2.69 bits per heavy atom. The van der Waals surface area contributed by atoms with E-state index in [9.17, 15) is 4.79 Å². The van der Waals surface area contributed by atoms with Gasteiger partial charge in [-0.15, -0.1) is 0 Å². The Kier molecular flexibility index (Phi) is 6.20. The van der Waals surface area contributed by atoms with Gasteiger partial charge >= 0.3 is 0 Å². The minimum atomic E-state index is 0.209. The van der Waals surface area contributed by atoms with Crippen LogP contribution in [0.4, 0.5) is 0 Å². The second-order valence-electron chi connectivity index (χ2n) is 4.66. The summed E-state index contributed by atoms with van der Waals surface area (Å²) in [6.07, 6.45) is 10.4. The van der Waals surface area contributed by atoms with Gasteiger partial charge in [-0.1, -0.05) is 25.5 Å². The Morgan fingerprint density at radius 2 is 2.12 bits per heavy atom. The zero-order chi connectivity index (χ0) is 11.8. The average molecular weight is 223 g/mol. The molecule has 0 heterocycles. The Hall–Kier alpha value is -0.790. The van der Waals surface area contributed by atoms with Crippen molar-refractivity contribution in [3.05, 3.63) is 11.6 Å². The van der Waals surface area contributed by atoms with Crippen molar-refractivity contribution in [2.75, 3.05) is 6.54 Å². The van der Waals surface area contributed by atoms with Gasteiger partial charge in [0, 0.05) is 12.5 Å². The molecule has 16 heavy (non-hydrogen) atoms. The van der Waals surface area contributed by atoms with E-state index in [-0.39, 0.29) is 11.8 Å². The van der Waals surface area contributed by atoms with Crippen molar-refractivity contribution in [1.82, 2.24) is 5.32 Å². The summed E-state index contributed by atoms with van der Waals surface area (Å²) in [7, 11) is 0. The van der Waals surface area contributed by atoms with Gasteiger partial charge in [-0.2, -0.15) is 0 Å². The highest BCUT2D eigenvalue weighted by Crippen LogP contribution is 2.19. The summed E-state index contributed by atoms with van der Waals surface area (Å²) in [6.45, 7) is 4.98. The van der Waals surface area contributed by atoms with Gasteiger partial charge in [-0.05, 0) is 44.9 Å². The third-order valence-electron chi connectivity index (χ3n) is 3.49. The van der Waals surface area contributed by atoms with Crippen molar-refractivity contribution in [3.8, 4) is 0 Å². The Labute approximate surface area is 99.5 Å². The first-order valence-corrected chi connectivity index (χ1v) is 6.73. The maximum absolute atomic E-state index is 11.7. The fourth-order valence-electron chi connectivity index (χ4n) is 2.28. The number of allylic oxidation sites excluding steroid dienone is 1. The zero-order valence-corrected chi connectivity index (χ0v) is 10.7. The fraction of sp³-hybridized carbons (Fsp3) is 0.786. The number of hydrogen-bond donors (Lipinski definition) is 1. The SMILES string of the molecule is CCC(CC)C(=O)NCCC1=CCCCC1. The predicted octanol–water partition coefficient (Wildman–Crippen LogP) is 3.43. The van der Waals surface area contributed by atoms with E-state index in [1.54, 1.807) is 0 Å². The molecule has 1 rings (SSSR count). The highest BCUT2D eigenvalue weighted by atomic mass is 16.1. The third kappa shape index (κ3) is 4.38. The van der Waals surface area contributed by atoms with Gasteiger partial charge in [0.2, 0.25) is 5.91 Å². The molecule has 0 atom stereocenters. The molecule has 0 unspecified atom stereocenters. The van der Waals surface area contributed by atoms with Crippen molar-refractivity contribution >= 4 is 5.91 Å². The van der Waals surface area contributed by atoms with Crippen molar-refractivity contribution in [3.63, 3.8) is 0 Å². The maximum Gasteiger partial charge on any atom is 0.223 e. The highest BCUT2D eigenvalue weighted by Gasteiger charge is 2.13. The van der Waals surface area contributed by atoms with E-state index in [1.807, 2.05) is 0 Å². The Balaban J connectivity index is 2.19. The smallest absolute Gasteiger partial charge is 0.223 e. The second kappa shape index (κ2) is 7.48. The molecule has 0 saturated heterocycles. The summed E-state index contributed by atoms with van der Waals surface area (Å²) in [4.78, 5) is 11.7. The maximum atomic E-state index is 11.7. The molecule has 0 fully saturated rings. The minimum Gasteiger partial charge on any atom is -0.356 e. The second-order valence-corrected chi connectivity index (χ2v) is 4.66. The molecule has 0 spiro atoms. The summed E-state index contributed by atoms with van der Waals surface area (Å²) in [5.41, 5.74) is 1.54. The van der Waals surface area contributed by atoms with Crippen molar-refractivity contribution in [2.45, 2.75) is 58.8 Å². The first-order valence-electron chi connectivity index (χ1n) is 6.73. The molecule has 0 aromatic heterocycles. The van der Waals surface area contributed by atoms with Crippen LogP contribution in [0.15, 0.2) is 11.6 Å². The fourth-order valence-corrected chi connectivity index (χ4v) is 2.28. The molecule has 92 valence electrons.